The molecule has 0 aliphatic carbocycles. The average molecular weight is 288 g/mol. The molecule has 0 radical (unpaired) electrons. The number of hydrogen-bond donors (Lipinski definition) is 1. The second-order valence-electron chi connectivity index (χ2n) is 4.29. The first-order valence-electron chi connectivity index (χ1n) is 5.84. The van der Waals surface area contributed by atoms with Crippen LogP contribution in [-0.2, 0) is 16.0 Å². The van der Waals surface area contributed by atoms with Crippen molar-refractivity contribution in [2.45, 2.75) is 31.7 Å². The Hall–Kier alpha value is -1.07. The summed E-state index contributed by atoms with van der Waals surface area (Å²) in [7, 11) is 0. The predicted molar refractivity (Wildman–Crippen MR) is 70.0 cm³/mol. The molecular weight excluding hydrogens is 274 g/mol. The quantitative estimate of drug-likeness (QED) is 0.925. The van der Waals surface area contributed by atoms with Crippen molar-refractivity contribution in [1.82, 2.24) is 4.90 Å². The van der Waals surface area contributed by atoms with Crippen LogP contribution >= 0.6 is 22.9 Å². The van der Waals surface area contributed by atoms with Gasteiger partial charge in [0.1, 0.15) is 6.04 Å². The lowest BCUT2D eigenvalue weighted by molar-refractivity contribution is -0.148. The van der Waals surface area contributed by atoms with Crippen LogP contribution in [0.15, 0.2) is 12.1 Å². The van der Waals surface area contributed by atoms with Crippen LogP contribution in [0, 0.1) is 0 Å². The highest BCUT2D eigenvalue weighted by Crippen LogP contribution is 2.24. The molecule has 98 valence electrons. The summed E-state index contributed by atoms with van der Waals surface area (Å²) in [4.78, 5) is 25.5. The fraction of sp³-hybridized carbons (Fsp3) is 0.500. The third-order valence-corrected chi connectivity index (χ3v) is 4.36. The number of carbonyl (C=O) groups is 2. The summed E-state index contributed by atoms with van der Waals surface area (Å²) >= 11 is 7.27. The number of carboxylic acid groups (broad SMARTS) is 1. The Morgan fingerprint density at radius 2 is 2.28 bits per heavy atom. The van der Waals surface area contributed by atoms with E-state index in [9.17, 15) is 9.59 Å². The molecule has 1 aromatic heterocycles. The molecule has 1 aliphatic rings. The minimum absolute atomic E-state index is 0.0792. The second-order valence-corrected chi connectivity index (χ2v) is 6.09. The first-order valence-corrected chi connectivity index (χ1v) is 7.04. The maximum Gasteiger partial charge on any atom is 0.326 e. The molecule has 0 spiro atoms. The van der Waals surface area contributed by atoms with E-state index in [0.717, 1.165) is 11.3 Å². The van der Waals surface area contributed by atoms with Gasteiger partial charge in [-0.1, -0.05) is 11.6 Å². The number of rotatable bonds is 4. The minimum Gasteiger partial charge on any atom is -0.480 e. The first kappa shape index (κ1) is 13.4. The highest BCUT2D eigenvalue weighted by molar-refractivity contribution is 7.16. The molecule has 6 heteroatoms. The highest BCUT2D eigenvalue weighted by atomic mass is 35.5. The number of hydrogen-bond acceptors (Lipinski definition) is 3. The molecule has 1 saturated heterocycles. The Morgan fingerprint density at radius 1 is 1.50 bits per heavy atom. The maximum atomic E-state index is 12.0. The average Bonchev–Trinajstić information content (AvgIpc) is 2.94. The second kappa shape index (κ2) is 5.71. The maximum absolute atomic E-state index is 12.0. The number of carbonyl (C=O) groups excluding carboxylic acids is 1. The number of nitrogens with zero attached hydrogens (tertiary/aromatic N) is 1. The zero-order valence-electron chi connectivity index (χ0n) is 9.76. The van der Waals surface area contributed by atoms with Crippen LogP contribution in [0.1, 0.15) is 24.1 Å². The van der Waals surface area contributed by atoms with Crippen LogP contribution < -0.4 is 0 Å². The molecule has 4 nitrogen and oxygen atoms in total. The molecule has 1 atom stereocenters. The van der Waals surface area contributed by atoms with Gasteiger partial charge in [0.2, 0.25) is 5.91 Å². The highest BCUT2D eigenvalue weighted by Gasteiger charge is 2.33. The van der Waals surface area contributed by atoms with Gasteiger partial charge in [-0.25, -0.2) is 4.79 Å². The first-order chi connectivity index (χ1) is 8.58. The number of aliphatic carboxylic acids is 1. The fourth-order valence-corrected chi connectivity index (χ4v) is 3.27. The standard InChI is InChI=1S/C12H14ClNO3S/c13-10-5-3-8(18-10)4-6-11(15)14-7-1-2-9(14)12(16)17/h3,5,9H,1-2,4,6-7H2,(H,16,17)/t9-/m1/s1. The largest absolute Gasteiger partial charge is 0.480 e. The van der Waals surface area contributed by atoms with Gasteiger partial charge in [-0.15, -0.1) is 11.3 Å². The van der Waals surface area contributed by atoms with Gasteiger partial charge in [0.25, 0.3) is 0 Å². The molecule has 0 bridgehead atoms. The molecule has 0 aromatic carbocycles. The van der Waals surface area contributed by atoms with Gasteiger partial charge in [0.05, 0.1) is 4.34 Å². The lowest BCUT2D eigenvalue weighted by Crippen LogP contribution is -2.40. The van der Waals surface area contributed by atoms with Crippen molar-refractivity contribution in [3.05, 3.63) is 21.3 Å². The molecule has 1 fully saturated rings. The van der Waals surface area contributed by atoms with E-state index in [1.807, 2.05) is 12.1 Å². The number of amides is 1. The van der Waals surface area contributed by atoms with Crippen LogP contribution in [0.2, 0.25) is 4.34 Å². The number of halogens is 1. The van der Waals surface area contributed by atoms with Gasteiger partial charge in [0, 0.05) is 17.8 Å². The Bertz CT molecular complexity index is 460. The monoisotopic (exact) mass is 287 g/mol. The van der Waals surface area contributed by atoms with E-state index in [-0.39, 0.29) is 5.91 Å². The Kier molecular flexibility index (Phi) is 4.24. The van der Waals surface area contributed by atoms with Gasteiger partial charge in [0.15, 0.2) is 0 Å². The lowest BCUT2D eigenvalue weighted by Gasteiger charge is -2.21. The number of thiophene rings is 1. The van der Waals surface area contributed by atoms with Crippen LogP contribution in [0.3, 0.4) is 0 Å². The van der Waals surface area contributed by atoms with E-state index in [4.69, 9.17) is 16.7 Å². The van der Waals surface area contributed by atoms with Crippen molar-refractivity contribution in [2.75, 3.05) is 6.54 Å². The van der Waals surface area contributed by atoms with Gasteiger partial charge >= 0.3 is 5.97 Å². The van der Waals surface area contributed by atoms with Crippen molar-refractivity contribution >= 4 is 34.8 Å². The summed E-state index contributed by atoms with van der Waals surface area (Å²) in [6.07, 6.45) is 2.30. The van der Waals surface area contributed by atoms with E-state index in [1.165, 1.54) is 16.2 Å². The number of aryl methyl sites for hydroxylation is 1. The smallest absolute Gasteiger partial charge is 0.326 e. The molecule has 2 heterocycles. The van der Waals surface area contributed by atoms with Crippen molar-refractivity contribution in [3.8, 4) is 0 Å². The van der Waals surface area contributed by atoms with Crippen LogP contribution in [0.5, 0.6) is 0 Å². The Labute approximate surface area is 114 Å². The van der Waals surface area contributed by atoms with Crippen molar-refractivity contribution in [3.63, 3.8) is 0 Å². The summed E-state index contributed by atoms with van der Waals surface area (Å²) in [6, 6.07) is 3.07. The van der Waals surface area contributed by atoms with Crippen LogP contribution in [-0.4, -0.2) is 34.5 Å². The number of carboxylic acids is 1. The molecule has 1 aromatic rings. The van der Waals surface area contributed by atoms with Gasteiger partial charge < -0.3 is 10.0 Å². The predicted octanol–water partition coefficient (Wildman–Crippen LogP) is 2.41. The van der Waals surface area contributed by atoms with E-state index < -0.39 is 12.0 Å². The molecule has 1 aliphatic heterocycles. The number of likely N-dealkylation sites (tertiary alicyclic amines) is 1. The molecule has 1 amide bonds. The zero-order chi connectivity index (χ0) is 13.1. The van der Waals surface area contributed by atoms with Crippen molar-refractivity contribution < 1.29 is 14.7 Å². The summed E-state index contributed by atoms with van der Waals surface area (Å²) in [6.45, 7) is 0.557. The lowest BCUT2D eigenvalue weighted by atomic mass is 10.2. The third-order valence-electron chi connectivity index (χ3n) is 3.07. The van der Waals surface area contributed by atoms with Gasteiger partial charge in [-0.05, 0) is 31.4 Å². The summed E-state index contributed by atoms with van der Waals surface area (Å²) in [5, 5.41) is 9.01. The Morgan fingerprint density at radius 3 is 2.89 bits per heavy atom. The SMILES string of the molecule is O=C(O)[C@H]1CCCN1C(=O)CCc1ccc(Cl)s1. The topological polar surface area (TPSA) is 57.6 Å². The van der Waals surface area contributed by atoms with Crippen LogP contribution in [0.25, 0.3) is 0 Å². The third kappa shape index (κ3) is 3.03. The molecule has 0 unspecified atom stereocenters. The molecule has 1 N–H and O–H groups in total. The molecule has 18 heavy (non-hydrogen) atoms. The summed E-state index contributed by atoms with van der Waals surface area (Å²) in [5.74, 6) is -0.982. The van der Waals surface area contributed by atoms with Crippen molar-refractivity contribution in [1.29, 1.82) is 0 Å². The van der Waals surface area contributed by atoms with E-state index >= 15 is 0 Å². The fourth-order valence-electron chi connectivity index (χ4n) is 2.18. The van der Waals surface area contributed by atoms with E-state index in [2.05, 4.69) is 0 Å². The summed E-state index contributed by atoms with van der Waals surface area (Å²) < 4.78 is 0.710. The Balaban J connectivity index is 1.89. The molecular formula is C12H14ClNO3S. The van der Waals surface area contributed by atoms with E-state index in [0.29, 0.717) is 30.1 Å². The van der Waals surface area contributed by atoms with Crippen LogP contribution in [0.4, 0.5) is 0 Å². The minimum atomic E-state index is -0.903. The zero-order valence-corrected chi connectivity index (χ0v) is 11.3. The van der Waals surface area contributed by atoms with Crippen molar-refractivity contribution in [2.24, 2.45) is 0 Å². The molecule has 0 saturated carbocycles. The molecule has 2 rings (SSSR count). The summed E-state index contributed by atoms with van der Waals surface area (Å²) in [5.41, 5.74) is 0. The van der Waals surface area contributed by atoms with Gasteiger partial charge in [-0.2, -0.15) is 0 Å². The normalized spacial score (nSPS) is 19.2. The van der Waals surface area contributed by atoms with Gasteiger partial charge in [-0.3, -0.25) is 4.79 Å². The van der Waals surface area contributed by atoms with E-state index in [1.54, 1.807) is 0 Å².